The number of aromatic amines is 1. The number of methoxy groups -OCH3 is 1. The van der Waals surface area contributed by atoms with Crippen molar-refractivity contribution in [1.82, 2.24) is 20.1 Å². The van der Waals surface area contributed by atoms with Gasteiger partial charge in [-0.05, 0) is 50.5 Å². The predicted octanol–water partition coefficient (Wildman–Crippen LogP) is 3.61. The number of thioether (sulfide) groups is 1. The standard InChI is InChI=1S/C19H26N4O2S/c1-25-12-6-10-16-9-3-4-11-23(16)18(24)15-8-5-7-14(13-15)17-20-19(26-2)22-21-17/h5,7-8,13,16H,3-4,6,9-12H2,1-2H3,(H,20,21,22)/t16-/m1/s1. The largest absolute Gasteiger partial charge is 0.385 e. The third kappa shape index (κ3) is 4.45. The van der Waals surface area contributed by atoms with Gasteiger partial charge in [-0.15, -0.1) is 5.10 Å². The Kier molecular flexibility index (Phi) is 6.68. The molecule has 1 saturated heterocycles. The monoisotopic (exact) mass is 374 g/mol. The molecule has 1 aromatic heterocycles. The molecule has 1 aromatic carbocycles. The summed E-state index contributed by atoms with van der Waals surface area (Å²) in [6, 6.07) is 7.97. The van der Waals surface area contributed by atoms with Crippen LogP contribution in [0.2, 0.25) is 0 Å². The van der Waals surface area contributed by atoms with Gasteiger partial charge in [-0.2, -0.15) is 0 Å². The number of carbonyl (C=O) groups excluding carboxylic acids is 1. The second-order valence-electron chi connectivity index (χ2n) is 6.53. The molecule has 0 radical (unpaired) electrons. The predicted molar refractivity (Wildman–Crippen MR) is 103 cm³/mol. The van der Waals surface area contributed by atoms with Crippen molar-refractivity contribution in [3.63, 3.8) is 0 Å². The van der Waals surface area contributed by atoms with Gasteiger partial charge in [0.1, 0.15) is 0 Å². The van der Waals surface area contributed by atoms with Crippen molar-refractivity contribution in [3.8, 4) is 11.4 Å². The van der Waals surface area contributed by atoms with Gasteiger partial charge in [0, 0.05) is 37.4 Å². The number of aromatic nitrogens is 3. The van der Waals surface area contributed by atoms with Crippen LogP contribution in [0.1, 0.15) is 42.5 Å². The van der Waals surface area contributed by atoms with E-state index < -0.39 is 0 Å². The highest BCUT2D eigenvalue weighted by Crippen LogP contribution is 2.25. The van der Waals surface area contributed by atoms with Gasteiger partial charge in [-0.1, -0.05) is 23.9 Å². The minimum atomic E-state index is 0.110. The number of hydrogen-bond donors (Lipinski definition) is 1. The molecule has 1 aliphatic heterocycles. The first-order valence-electron chi connectivity index (χ1n) is 9.09. The minimum absolute atomic E-state index is 0.110. The van der Waals surface area contributed by atoms with Crippen molar-refractivity contribution < 1.29 is 9.53 Å². The van der Waals surface area contributed by atoms with Crippen LogP contribution in [0.25, 0.3) is 11.4 Å². The number of H-pyrrole nitrogens is 1. The lowest BCUT2D eigenvalue weighted by Crippen LogP contribution is -2.43. The summed E-state index contributed by atoms with van der Waals surface area (Å²) in [5.74, 6) is 0.804. The van der Waals surface area contributed by atoms with Crippen molar-refractivity contribution in [2.75, 3.05) is 26.5 Å². The Balaban J connectivity index is 1.76. The zero-order valence-electron chi connectivity index (χ0n) is 15.4. The molecule has 0 unspecified atom stereocenters. The number of nitrogens with zero attached hydrogens (tertiary/aromatic N) is 3. The maximum absolute atomic E-state index is 13.1. The summed E-state index contributed by atoms with van der Waals surface area (Å²) in [6.45, 7) is 1.58. The zero-order chi connectivity index (χ0) is 18.4. The van der Waals surface area contributed by atoms with E-state index in [-0.39, 0.29) is 5.91 Å². The number of rotatable bonds is 7. The smallest absolute Gasteiger partial charge is 0.254 e. The Hall–Kier alpha value is -1.86. The van der Waals surface area contributed by atoms with Crippen molar-refractivity contribution in [1.29, 1.82) is 0 Å². The van der Waals surface area contributed by atoms with E-state index in [9.17, 15) is 4.79 Å². The molecular formula is C19H26N4O2S. The van der Waals surface area contributed by atoms with Gasteiger partial charge in [0.2, 0.25) is 5.16 Å². The van der Waals surface area contributed by atoms with E-state index in [0.29, 0.717) is 22.6 Å². The van der Waals surface area contributed by atoms with Crippen LogP contribution in [0.15, 0.2) is 29.4 Å². The van der Waals surface area contributed by atoms with Gasteiger partial charge in [0.15, 0.2) is 5.82 Å². The molecule has 2 aromatic rings. The molecule has 140 valence electrons. The SMILES string of the molecule is COCCC[C@H]1CCCCN1C(=O)c1cccc(-c2nc(SC)n[nH]2)c1. The fraction of sp³-hybridized carbons (Fsp3) is 0.526. The van der Waals surface area contributed by atoms with Crippen LogP contribution in [0.4, 0.5) is 0 Å². The molecule has 3 rings (SSSR count). The first-order chi connectivity index (χ1) is 12.7. The van der Waals surface area contributed by atoms with E-state index in [1.807, 2.05) is 35.4 Å². The molecular weight excluding hydrogens is 348 g/mol. The summed E-state index contributed by atoms with van der Waals surface area (Å²) in [5, 5.41) is 7.79. The molecule has 6 nitrogen and oxygen atoms in total. The number of hydrogen-bond acceptors (Lipinski definition) is 5. The summed E-state index contributed by atoms with van der Waals surface area (Å²) in [5.41, 5.74) is 1.60. The topological polar surface area (TPSA) is 71.1 Å². The first-order valence-corrected chi connectivity index (χ1v) is 10.3. The maximum atomic E-state index is 13.1. The highest BCUT2D eigenvalue weighted by Gasteiger charge is 2.27. The molecule has 1 atom stereocenters. The Morgan fingerprint density at radius 1 is 1.42 bits per heavy atom. The average molecular weight is 375 g/mol. The third-order valence-corrected chi connectivity index (χ3v) is 5.35. The normalized spacial score (nSPS) is 17.5. The number of likely N-dealkylation sites (tertiary alicyclic amines) is 1. The van der Waals surface area contributed by atoms with Crippen molar-refractivity contribution in [2.24, 2.45) is 0 Å². The summed E-state index contributed by atoms with van der Waals surface area (Å²) in [4.78, 5) is 19.6. The van der Waals surface area contributed by atoms with Crippen LogP contribution in [0.3, 0.4) is 0 Å². The first kappa shape index (κ1) is 18.9. The van der Waals surface area contributed by atoms with Gasteiger partial charge in [-0.25, -0.2) is 4.98 Å². The molecule has 1 aliphatic rings. The van der Waals surface area contributed by atoms with Crippen LogP contribution < -0.4 is 0 Å². The second kappa shape index (κ2) is 9.19. The van der Waals surface area contributed by atoms with Gasteiger partial charge in [0.05, 0.1) is 0 Å². The molecule has 0 aliphatic carbocycles. The lowest BCUT2D eigenvalue weighted by Gasteiger charge is -2.36. The van der Waals surface area contributed by atoms with Crippen molar-refractivity contribution >= 4 is 17.7 Å². The average Bonchev–Trinajstić information content (AvgIpc) is 3.17. The van der Waals surface area contributed by atoms with Crippen LogP contribution in [-0.2, 0) is 4.74 Å². The summed E-state index contributed by atoms with van der Waals surface area (Å²) < 4.78 is 5.17. The highest BCUT2D eigenvalue weighted by molar-refractivity contribution is 7.98. The zero-order valence-corrected chi connectivity index (χ0v) is 16.2. The summed E-state index contributed by atoms with van der Waals surface area (Å²) in [6.07, 6.45) is 7.27. The third-order valence-electron chi connectivity index (χ3n) is 4.80. The number of benzene rings is 1. The van der Waals surface area contributed by atoms with E-state index in [1.54, 1.807) is 7.11 Å². The Bertz CT molecular complexity index is 734. The number of piperidine rings is 1. The summed E-state index contributed by atoms with van der Waals surface area (Å²) in [7, 11) is 1.72. The van der Waals surface area contributed by atoms with Gasteiger partial charge < -0.3 is 9.64 Å². The fourth-order valence-electron chi connectivity index (χ4n) is 3.46. The number of carbonyl (C=O) groups is 1. The van der Waals surface area contributed by atoms with Crippen molar-refractivity contribution in [3.05, 3.63) is 29.8 Å². The van der Waals surface area contributed by atoms with Gasteiger partial charge >= 0.3 is 0 Å². The molecule has 7 heteroatoms. The van der Waals surface area contributed by atoms with E-state index >= 15 is 0 Å². The molecule has 1 amide bonds. The quantitative estimate of drug-likeness (QED) is 0.592. The molecule has 1 N–H and O–H groups in total. The van der Waals surface area contributed by atoms with E-state index in [0.717, 1.165) is 44.4 Å². The lowest BCUT2D eigenvalue weighted by molar-refractivity contribution is 0.0585. The molecule has 26 heavy (non-hydrogen) atoms. The molecule has 0 spiro atoms. The van der Waals surface area contributed by atoms with Crippen LogP contribution >= 0.6 is 11.8 Å². The molecule has 0 saturated carbocycles. The van der Waals surface area contributed by atoms with Gasteiger partial charge in [-0.3, -0.25) is 9.89 Å². The van der Waals surface area contributed by atoms with E-state index in [1.165, 1.54) is 18.2 Å². The highest BCUT2D eigenvalue weighted by atomic mass is 32.2. The molecule has 0 bridgehead atoms. The Morgan fingerprint density at radius 3 is 3.08 bits per heavy atom. The van der Waals surface area contributed by atoms with E-state index in [2.05, 4.69) is 15.2 Å². The number of amides is 1. The maximum Gasteiger partial charge on any atom is 0.254 e. The Labute approximate surface area is 158 Å². The Morgan fingerprint density at radius 2 is 2.31 bits per heavy atom. The minimum Gasteiger partial charge on any atom is -0.385 e. The van der Waals surface area contributed by atoms with Crippen molar-refractivity contribution in [2.45, 2.75) is 43.3 Å². The van der Waals surface area contributed by atoms with Gasteiger partial charge in [0.25, 0.3) is 5.91 Å². The van der Waals surface area contributed by atoms with E-state index in [4.69, 9.17) is 4.74 Å². The molecule has 1 fully saturated rings. The molecule has 2 heterocycles. The fourth-order valence-corrected chi connectivity index (χ4v) is 3.78. The van der Waals surface area contributed by atoms with Crippen LogP contribution in [0, 0.1) is 0 Å². The second-order valence-corrected chi connectivity index (χ2v) is 7.31. The van der Waals surface area contributed by atoms with Crippen LogP contribution in [0.5, 0.6) is 0 Å². The van der Waals surface area contributed by atoms with Crippen LogP contribution in [-0.4, -0.2) is 58.5 Å². The number of nitrogens with one attached hydrogen (secondary N) is 1. The number of ether oxygens (including phenoxy) is 1. The lowest BCUT2D eigenvalue weighted by atomic mass is 9.96. The summed E-state index contributed by atoms with van der Waals surface area (Å²) >= 11 is 1.49.